The molecule has 1 heterocycles. The van der Waals surface area contributed by atoms with Crippen molar-refractivity contribution in [3.05, 3.63) is 54.1 Å². The molecule has 1 unspecified atom stereocenters. The summed E-state index contributed by atoms with van der Waals surface area (Å²) in [5, 5.41) is 2.64. The first-order valence-electron chi connectivity index (χ1n) is 8.94. The van der Waals surface area contributed by atoms with Crippen LogP contribution in [0.3, 0.4) is 0 Å². The largest absolute Gasteiger partial charge is 0.495 e. The van der Waals surface area contributed by atoms with Gasteiger partial charge in [0.15, 0.2) is 6.61 Å². The zero-order valence-electron chi connectivity index (χ0n) is 15.8. The van der Waals surface area contributed by atoms with Crippen LogP contribution in [0.1, 0.15) is 12.0 Å². The zero-order chi connectivity index (χ0) is 20.1. The van der Waals surface area contributed by atoms with Crippen LogP contribution in [0.2, 0.25) is 0 Å². The normalized spacial score (nSPS) is 16.0. The van der Waals surface area contributed by atoms with Gasteiger partial charge in [0.25, 0.3) is 5.91 Å². The van der Waals surface area contributed by atoms with E-state index in [0.29, 0.717) is 11.4 Å². The molecule has 0 aromatic heterocycles. The quantitative estimate of drug-likeness (QED) is 0.776. The molecule has 1 aliphatic rings. The third kappa shape index (κ3) is 4.49. The van der Waals surface area contributed by atoms with E-state index in [4.69, 9.17) is 9.47 Å². The summed E-state index contributed by atoms with van der Waals surface area (Å²) in [6, 6.07) is 14.5. The molecule has 7 heteroatoms. The molecule has 0 spiro atoms. The second kappa shape index (κ2) is 8.56. The molecule has 2 amide bonds. The average molecular weight is 382 g/mol. The number of carbonyl (C=O) groups is 3. The highest BCUT2D eigenvalue weighted by Gasteiger charge is 2.36. The summed E-state index contributed by atoms with van der Waals surface area (Å²) in [4.78, 5) is 38.2. The van der Waals surface area contributed by atoms with Crippen LogP contribution in [0.5, 0.6) is 5.75 Å². The molecule has 0 bridgehead atoms. The van der Waals surface area contributed by atoms with Crippen molar-refractivity contribution in [3.8, 4) is 5.75 Å². The molecule has 28 heavy (non-hydrogen) atoms. The molecule has 7 nitrogen and oxygen atoms in total. The monoisotopic (exact) mass is 382 g/mol. The number of rotatable bonds is 6. The number of hydrogen-bond acceptors (Lipinski definition) is 5. The van der Waals surface area contributed by atoms with Crippen LogP contribution in [-0.2, 0) is 19.1 Å². The van der Waals surface area contributed by atoms with Gasteiger partial charge in [-0.05, 0) is 31.2 Å². The minimum Gasteiger partial charge on any atom is -0.495 e. The Hall–Kier alpha value is -3.35. The third-order valence-electron chi connectivity index (χ3n) is 4.53. The highest BCUT2D eigenvalue weighted by atomic mass is 16.5. The summed E-state index contributed by atoms with van der Waals surface area (Å²) in [6.07, 6.45) is 0.0703. The molecule has 1 saturated heterocycles. The van der Waals surface area contributed by atoms with Crippen molar-refractivity contribution in [1.82, 2.24) is 0 Å². The Morgan fingerprint density at radius 3 is 2.57 bits per heavy atom. The average Bonchev–Trinajstić information content (AvgIpc) is 3.09. The number of esters is 1. The second-order valence-electron chi connectivity index (χ2n) is 6.60. The SMILES string of the molecule is COc1ccccc1NC(=O)COC(=O)C1CC(=O)N(c2ccc(C)cc2)C1. The van der Waals surface area contributed by atoms with E-state index < -0.39 is 24.4 Å². The number of benzene rings is 2. The molecule has 3 rings (SSSR count). The molecule has 0 aliphatic carbocycles. The Morgan fingerprint density at radius 2 is 1.86 bits per heavy atom. The van der Waals surface area contributed by atoms with Crippen LogP contribution >= 0.6 is 0 Å². The van der Waals surface area contributed by atoms with Crippen molar-refractivity contribution in [2.24, 2.45) is 5.92 Å². The van der Waals surface area contributed by atoms with Gasteiger partial charge < -0.3 is 19.7 Å². The molecular formula is C21H22N2O5. The lowest BCUT2D eigenvalue weighted by atomic mass is 10.1. The number of para-hydroxylation sites is 2. The highest BCUT2D eigenvalue weighted by Crippen LogP contribution is 2.26. The fraction of sp³-hybridized carbons (Fsp3) is 0.286. The van der Waals surface area contributed by atoms with E-state index in [1.54, 1.807) is 29.2 Å². The number of amides is 2. The summed E-state index contributed by atoms with van der Waals surface area (Å²) < 4.78 is 10.3. The number of aryl methyl sites for hydroxylation is 1. The van der Waals surface area contributed by atoms with Gasteiger partial charge in [0.1, 0.15) is 5.75 Å². The minimum atomic E-state index is -0.590. The van der Waals surface area contributed by atoms with Gasteiger partial charge >= 0.3 is 5.97 Å². The first kappa shape index (κ1) is 19.4. The summed E-state index contributed by atoms with van der Waals surface area (Å²) in [6.45, 7) is 1.78. The summed E-state index contributed by atoms with van der Waals surface area (Å²) >= 11 is 0. The number of nitrogens with one attached hydrogen (secondary N) is 1. The lowest BCUT2D eigenvalue weighted by Gasteiger charge is -2.16. The summed E-state index contributed by atoms with van der Waals surface area (Å²) in [5.74, 6) is -1.25. The molecule has 1 aliphatic heterocycles. The molecule has 1 N–H and O–H groups in total. The smallest absolute Gasteiger partial charge is 0.311 e. The third-order valence-corrected chi connectivity index (χ3v) is 4.53. The number of nitrogens with zero attached hydrogens (tertiary/aromatic N) is 1. The maximum absolute atomic E-state index is 12.3. The predicted molar refractivity (Wildman–Crippen MR) is 104 cm³/mol. The predicted octanol–water partition coefficient (Wildman–Crippen LogP) is 2.54. The van der Waals surface area contributed by atoms with Crippen LogP contribution in [0.25, 0.3) is 0 Å². The van der Waals surface area contributed by atoms with Gasteiger partial charge in [-0.15, -0.1) is 0 Å². The summed E-state index contributed by atoms with van der Waals surface area (Å²) in [5.41, 5.74) is 2.33. The first-order chi connectivity index (χ1) is 13.5. The zero-order valence-corrected chi connectivity index (χ0v) is 15.8. The van der Waals surface area contributed by atoms with Gasteiger partial charge in [0.05, 0.1) is 18.7 Å². The first-order valence-corrected chi connectivity index (χ1v) is 8.94. The molecule has 1 fully saturated rings. The fourth-order valence-corrected chi connectivity index (χ4v) is 3.03. The molecule has 2 aromatic carbocycles. The van der Waals surface area contributed by atoms with E-state index >= 15 is 0 Å². The van der Waals surface area contributed by atoms with E-state index in [2.05, 4.69) is 5.32 Å². The number of methoxy groups -OCH3 is 1. The Balaban J connectivity index is 1.53. The van der Waals surface area contributed by atoms with Crippen LogP contribution < -0.4 is 15.0 Å². The number of ether oxygens (including phenoxy) is 2. The molecular weight excluding hydrogens is 360 g/mol. The van der Waals surface area contributed by atoms with E-state index in [1.165, 1.54) is 7.11 Å². The van der Waals surface area contributed by atoms with Crippen molar-refractivity contribution in [2.45, 2.75) is 13.3 Å². The van der Waals surface area contributed by atoms with Crippen molar-refractivity contribution in [2.75, 3.05) is 30.5 Å². The topological polar surface area (TPSA) is 84.9 Å². The van der Waals surface area contributed by atoms with Crippen molar-refractivity contribution in [3.63, 3.8) is 0 Å². The lowest BCUT2D eigenvalue weighted by molar-refractivity contribution is -0.151. The van der Waals surface area contributed by atoms with Gasteiger partial charge in [-0.2, -0.15) is 0 Å². The van der Waals surface area contributed by atoms with Crippen LogP contribution in [0, 0.1) is 12.8 Å². The fourth-order valence-electron chi connectivity index (χ4n) is 3.03. The Bertz CT molecular complexity index is 879. The van der Waals surface area contributed by atoms with Gasteiger partial charge in [0, 0.05) is 18.7 Å². The lowest BCUT2D eigenvalue weighted by Crippen LogP contribution is -2.28. The van der Waals surface area contributed by atoms with Gasteiger partial charge in [-0.3, -0.25) is 14.4 Å². The van der Waals surface area contributed by atoms with E-state index in [-0.39, 0.29) is 18.9 Å². The van der Waals surface area contributed by atoms with E-state index in [1.807, 2.05) is 31.2 Å². The van der Waals surface area contributed by atoms with Crippen LogP contribution in [-0.4, -0.2) is 38.0 Å². The Labute approximate surface area is 163 Å². The maximum atomic E-state index is 12.3. The maximum Gasteiger partial charge on any atom is 0.311 e. The number of carbonyl (C=O) groups excluding carboxylic acids is 3. The molecule has 0 saturated carbocycles. The van der Waals surface area contributed by atoms with Crippen molar-refractivity contribution in [1.29, 1.82) is 0 Å². The Kier molecular flexibility index (Phi) is 5.93. The van der Waals surface area contributed by atoms with Crippen LogP contribution in [0.4, 0.5) is 11.4 Å². The van der Waals surface area contributed by atoms with Gasteiger partial charge in [-0.25, -0.2) is 0 Å². The van der Waals surface area contributed by atoms with Crippen LogP contribution in [0.15, 0.2) is 48.5 Å². The number of hydrogen-bond donors (Lipinski definition) is 1. The van der Waals surface area contributed by atoms with Gasteiger partial charge in [0.2, 0.25) is 5.91 Å². The van der Waals surface area contributed by atoms with E-state index in [0.717, 1.165) is 11.3 Å². The van der Waals surface area contributed by atoms with Crippen molar-refractivity contribution < 1.29 is 23.9 Å². The highest BCUT2D eigenvalue weighted by molar-refractivity contribution is 6.00. The van der Waals surface area contributed by atoms with Crippen molar-refractivity contribution >= 4 is 29.2 Å². The van der Waals surface area contributed by atoms with Gasteiger partial charge in [-0.1, -0.05) is 29.8 Å². The standard InChI is InChI=1S/C21H22N2O5/c1-14-7-9-16(10-8-14)23-12-15(11-20(23)25)21(26)28-13-19(24)22-17-5-3-4-6-18(17)27-2/h3-10,15H,11-13H2,1-2H3,(H,22,24). The molecule has 0 radical (unpaired) electrons. The second-order valence-corrected chi connectivity index (χ2v) is 6.60. The Morgan fingerprint density at radius 1 is 1.14 bits per heavy atom. The molecule has 2 aromatic rings. The summed E-state index contributed by atoms with van der Waals surface area (Å²) in [7, 11) is 1.50. The number of anilines is 2. The molecule has 146 valence electrons. The minimum absolute atomic E-state index is 0.0703. The van der Waals surface area contributed by atoms with E-state index in [9.17, 15) is 14.4 Å². The molecule has 1 atom stereocenters.